The van der Waals surface area contributed by atoms with E-state index in [0.717, 1.165) is 18.2 Å². The Morgan fingerprint density at radius 2 is 1.23 bits per heavy atom. The van der Waals surface area contributed by atoms with Crippen LogP contribution in [0, 0.1) is 31.1 Å². The largest absolute Gasteiger partial charge is 0.289 e. The topological polar surface area (TPSA) is 128 Å². The zero-order valence-electron chi connectivity index (χ0n) is 18.2. The summed E-state index contributed by atoms with van der Waals surface area (Å²) < 4.78 is 0. The molecule has 0 saturated heterocycles. The number of benzene rings is 1. The highest BCUT2D eigenvalue weighted by Gasteiger charge is 2.39. The standard InChI is InChI=1S/C21H26N4O5/c1-19(2,3)16-11-21(7,12-17(18(16)26)20(4,5)6)23-22-13-8-14(24(27)28)10-15(9-13)25(29)30/h8-12H,1-7H3. The first-order valence-electron chi connectivity index (χ1n) is 9.42. The molecule has 0 aliphatic heterocycles. The molecule has 0 unspecified atom stereocenters. The van der Waals surface area contributed by atoms with Crippen LogP contribution in [-0.2, 0) is 4.79 Å². The molecule has 1 aromatic rings. The Kier molecular flexibility index (Phi) is 5.80. The van der Waals surface area contributed by atoms with Crippen molar-refractivity contribution in [1.82, 2.24) is 0 Å². The summed E-state index contributed by atoms with van der Waals surface area (Å²) in [4.78, 5) is 33.8. The number of nitro benzene ring substituents is 2. The Morgan fingerprint density at radius 1 is 0.833 bits per heavy atom. The SMILES string of the molecule is CC1(N=Nc2cc([N+](=O)[O-])cc([N+](=O)[O-])c2)C=C(C(C)(C)C)C(=O)C(C(C)(C)C)=C1. The number of nitrogens with zero attached hydrogens (tertiary/aromatic N) is 4. The number of non-ortho nitro benzene ring substituents is 2. The third-order valence-corrected chi connectivity index (χ3v) is 4.67. The Labute approximate surface area is 174 Å². The summed E-state index contributed by atoms with van der Waals surface area (Å²) >= 11 is 0. The van der Waals surface area contributed by atoms with Gasteiger partial charge in [-0.15, -0.1) is 0 Å². The van der Waals surface area contributed by atoms with E-state index in [-0.39, 0.29) is 11.5 Å². The maximum Gasteiger partial charge on any atom is 0.278 e. The molecule has 30 heavy (non-hydrogen) atoms. The molecular formula is C21H26N4O5. The first-order valence-corrected chi connectivity index (χ1v) is 9.42. The van der Waals surface area contributed by atoms with Crippen LogP contribution in [0.15, 0.2) is 51.7 Å². The summed E-state index contributed by atoms with van der Waals surface area (Å²) in [5.74, 6) is -0.0475. The van der Waals surface area contributed by atoms with Crippen molar-refractivity contribution in [1.29, 1.82) is 0 Å². The number of hydrogen-bond acceptors (Lipinski definition) is 7. The van der Waals surface area contributed by atoms with E-state index < -0.39 is 37.6 Å². The number of allylic oxidation sites excluding steroid dienone is 2. The third-order valence-electron chi connectivity index (χ3n) is 4.67. The first kappa shape index (κ1) is 23.1. The summed E-state index contributed by atoms with van der Waals surface area (Å²) in [6.07, 6.45) is 3.47. The highest BCUT2D eigenvalue weighted by molar-refractivity contribution is 6.11. The summed E-state index contributed by atoms with van der Waals surface area (Å²) in [5, 5.41) is 30.6. The van der Waals surface area contributed by atoms with Crippen molar-refractivity contribution in [3.05, 3.63) is 61.7 Å². The Bertz CT molecular complexity index is 941. The molecule has 0 fully saturated rings. The minimum Gasteiger partial charge on any atom is -0.289 e. The minimum absolute atomic E-state index is 0.00885. The lowest BCUT2D eigenvalue weighted by Crippen LogP contribution is -2.34. The van der Waals surface area contributed by atoms with Crippen LogP contribution in [0.5, 0.6) is 0 Å². The number of hydrogen-bond donors (Lipinski definition) is 0. The smallest absolute Gasteiger partial charge is 0.278 e. The lowest BCUT2D eigenvalue weighted by atomic mass is 9.69. The number of ketones is 1. The van der Waals surface area contributed by atoms with Gasteiger partial charge in [0.15, 0.2) is 5.78 Å². The van der Waals surface area contributed by atoms with Crippen LogP contribution in [0.3, 0.4) is 0 Å². The quantitative estimate of drug-likeness (QED) is 0.345. The van der Waals surface area contributed by atoms with Gasteiger partial charge in [0.1, 0.15) is 5.54 Å². The van der Waals surface area contributed by atoms with Gasteiger partial charge in [-0.05, 0) is 29.9 Å². The average molecular weight is 414 g/mol. The van der Waals surface area contributed by atoms with E-state index >= 15 is 0 Å². The van der Waals surface area contributed by atoms with Crippen LogP contribution in [0.2, 0.25) is 0 Å². The second kappa shape index (κ2) is 7.55. The summed E-state index contributed by atoms with van der Waals surface area (Å²) in [5.41, 5.74) is -1.55. The van der Waals surface area contributed by atoms with Crippen molar-refractivity contribution < 1.29 is 14.6 Å². The zero-order chi connectivity index (χ0) is 23.1. The lowest BCUT2D eigenvalue weighted by molar-refractivity contribution is -0.394. The van der Waals surface area contributed by atoms with Gasteiger partial charge in [-0.25, -0.2) is 0 Å². The Hall–Kier alpha value is -3.23. The van der Waals surface area contributed by atoms with Crippen molar-refractivity contribution in [2.24, 2.45) is 21.1 Å². The van der Waals surface area contributed by atoms with Crippen molar-refractivity contribution in [3.63, 3.8) is 0 Å². The van der Waals surface area contributed by atoms with E-state index in [0.29, 0.717) is 11.1 Å². The minimum atomic E-state index is -0.988. The van der Waals surface area contributed by atoms with Crippen molar-refractivity contribution >= 4 is 22.8 Å². The molecule has 0 heterocycles. The molecular weight excluding hydrogens is 388 g/mol. The monoisotopic (exact) mass is 414 g/mol. The summed E-state index contributed by atoms with van der Waals surface area (Å²) in [7, 11) is 0. The molecule has 0 bridgehead atoms. The molecule has 9 heteroatoms. The van der Waals surface area contributed by atoms with Crippen molar-refractivity contribution in [3.8, 4) is 0 Å². The zero-order valence-corrected chi connectivity index (χ0v) is 18.2. The molecule has 1 aromatic carbocycles. The molecule has 0 atom stereocenters. The van der Waals surface area contributed by atoms with Crippen molar-refractivity contribution in [2.75, 3.05) is 0 Å². The average Bonchev–Trinajstić information content (AvgIpc) is 2.60. The third kappa shape index (κ3) is 5.03. The fraction of sp³-hybridized carbons (Fsp3) is 0.476. The van der Waals surface area contributed by atoms with Crippen LogP contribution in [0.1, 0.15) is 48.5 Å². The number of rotatable bonds is 4. The molecule has 2 rings (SSSR count). The first-order chi connectivity index (χ1) is 13.5. The Morgan fingerprint density at radius 3 is 1.57 bits per heavy atom. The highest BCUT2D eigenvalue weighted by atomic mass is 16.6. The normalized spacial score (nSPS) is 17.0. The van der Waals surface area contributed by atoms with Gasteiger partial charge in [0.2, 0.25) is 0 Å². The van der Waals surface area contributed by atoms with E-state index in [1.165, 1.54) is 0 Å². The summed E-state index contributed by atoms with van der Waals surface area (Å²) in [6.45, 7) is 13.4. The maximum absolute atomic E-state index is 13.1. The fourth-order valence-corrected chi connectivity index (χ4v) is 3.09. The molecule has 160 valence electrons. The van der Waals surface area contributed by atoms with Gasteiger partial charge in [-0.2, -0.15) is 10.2 Å². The molecule has 0 saturated carbocycles. The number of Topliss-reactive ketones (excluding diaryl/α,β-unsaturated/α-hetero) is 1. The van der Waals surface area contributed by atoms with Gasteiger partial charge in [-0.1, -0.05) is 41.5 Å². The van der Waals surface area contributed by atoms with E-state index in [9.17, 15) is 25.0 Å². The molecule has 0 N–H and O–H groups in total. The Balaban J connectivity index is 2.61. The number of carbonyl (C=O) groups is 1. The number of carbonyl (C=O) groups excluding carboxylic acids is 1. The maximum atomic E-state index is 13.1. The predicted octanol–water partition coefficient (Wildman–Crippen LogP) is 5.87. The molecule has 0 amide bonds. The van der Waals surface area contributed by atoms with E-state index in [4.69, 9.17) is 0 Å². The van der Waals surface area contributed by atoms with Crippen LogP contribution >= 0.6 is 0 Å². The van der Waals surface area contributed by atoms with Gasteiger partial charge < -0.3 is 0 Å². The second-order valence-electron chi connectivity index (χ2n) is 9.59. The van der Waals surface area contributed by atoms with E-state index in [2.05, 4.69) is 10.2 Å². The molecule has 9 nitrogen and oxygen atoms in total. The summed E-state index contributed by atoms with van der Waals surface area (Å²) in [6, 6.07) is 3.11. The van der Waals surface area contributed by atoms with Gasteiger partial charge >= 0.3 is 0 Å². The number of azo groups is 1. The van der Waals surface area contributed by atoms with E-state index in [1.807, 2.05) is 41.5 Å². The fourth-order valence-electron chi connectivity index (χ4n) is 3.09. The van der Waals surface area contributed by atoms with Gasteiger partial charge in [0, 0.05) is 23.3 Å². The molecule has 1 aliphatic carbocycles. The van der Waals surface area contributed by atoms with Crippen LogP contribution in [0.4, 0.5) is 17.1 Å². The van der Waals surface area contributed by atoms with Crippen LogP contribution < -0.4 is 0 Å². The van der Waals surface area contributed by atoms with Crippen LogP contribution in [-0.4, -0.2) is 21.2 Å². The molecule has 0 spiro atoms. The van der Waals surface area contributed by atoms with Gasteiger partial charge in [0.05, 0.1) is 21.6 Å². The van der Waals surface area contributed by atoms with E-state index in [1.54, 1.807) is 19.1 Å². The van der Waals surface area contributed by atoms with Gasteiger partial charge in [0.25, 0.3) is 11.4 Å². The molecule has 0 aromatic heterocycles. The predicted molar refractivity (Wildman–Crippen MR) is 113 cm³/mol. The number of nitro groups is 2. The molecule has 1 aliphatic rings. The van der Waals surface area contributed by atoms with Crippen molar-refractivity contribution in [2.45, 2.75) is 54.0 Å². The second-order valence-corrected chi connectivity index (χ2v) is 9.59. The van der Waals surface area contributed by atoms with Gasteiger partial charge in [-0.3, -0.25) is 25.0 Å². The lowest BCUT2D eigenvalue weighted by Gasteiger charge is -2.35. The highest BCUT2D eigenvalue weighted by Crippen LogP contribution is 2.41. The molecule has 0 radical (unpaired) electrons. The van der Waals surface area contributed by atoms with Crippen LogP contribution in [0.25, 0.3) is 0 Å².